The van der Waals surface area contributed by atoms with Crippen molar-refractivity contribution in [2.45, 2.75) is 37.6 Å². The number of carbonyl (C=O) groups is 4. The molecule has 0 radical (unpaired) electrons. The fourth-order valence-corrected chi connectivity index (χ4v) is 7.18. The highest BCUT2D eigenvalue weighted by atomic mass is 32.2. The van der Waals surface area contributed by atoms with E-state index in [-0.39, 0.29) is 34.2 Å². The Balaban J connectivity index is 1.59. The zero-order chi connectivity index (χ0) is 28.3. The molecule has 39 heavy (non-hydrogen) atoms. The Labute approximate surface area is 230 Å². The van der Waals surface area contributed by atoms with Crippen LogP contribution in [-0.2, 0) is 27.7 Å². The average molecular weight is 578 g/mol. The molecule has 210 valence electrons. The number of urea groups is 1. The van der Waals surface area contributed by atoms with Gasteiger partial charge in [-0.2, -0.15) is 4.31 Å². The number of benzene rings is 1. The molecular formula is C25H31N5O7S2. The van der Waals surface area contributed by atoms with Crippen molar-refractivity contribution in [3.63, 3.8) is 0 Å². The number of fused-ring (bicyclic) bond motifs is 1. The SMILES string of the molecule is CCOC(=O)N1CCc2c(sc(NC(=O)c3ccc(S(=O)(=O)N4CCCC4)cc3)c2C(=O)NC(=O)N(C)C)C1. The van der Waals surface area contributed by atoms with Crippen molar-refractivity contribution in [1.29, 1.82) is 0 Å². The quantitative estimate of drug-likeness (QED) is 0.537. The fraction of sp³-hybridized carbons (Fsp3) is 0.440. The second kappa shape index (κ2) is 11.7. The van der Waals surface area contributed by atoms with E-state index in [1.165, 1.54) is 52.5 Å². The minimum absolute atomic E-state index is 0.105. The van der Waals surface area contributed by atoms with Gasteiger partial charge in [0.15, 0.2) is 0 Å². The lowest BCUT2D eigenvalue weighted by molar-refractivity contribution is 0.0955. The topological polar surface area (TPSA) is 145 Å². The summed E-state index contributed by atoms with van der Waals surface area (Å²) in [7, 11) is -0.624. The summed E-state index contributed by atoms with van der Waals surface area (Å²) in [4.78, 5) is 54.3. The number of hydrogen-bond acceptors (Lipinski definition) is 8. The van der Waals surface area contributed by atoms with Crippen LogP contribution in [0.4, 0.5) is 14.6 Å². The third-order valence-corrected chi connectivity index (χ3v) is 9.53. The molecule has 0 saturated carbocycles. The van der Waals surface area contributed by atoms with Crippen LogP contribution in [0.2, 0.25) is 0 Å². The second-order valence-corrected chi connectivity index (χ2v) is 12.4. The Morgan fingerprint density at radius 2 is 1.69 bits per heavy atom. The number of imide groups is 1. The van der Waals surface area contributed by atoms with Gasteiger partial charge >= 0.3 is 12.1 Å². The van der Waals surface area contributed by atoms with Crippen LogP contribution >= 0.6 is 11.3 Å². The summed E-state index contributed by atoms with van der Waals surface area (Å²) in [5, 5.41) is 5.30. The van der Waals surface area contributed by atoms with Crippen molar-refractivity contribution in [3.8, 4) is 0 Å². The Hall–Kier alpha value is -3.49. The van der Waals surface area contributed by atoms with Crippen LogP contribution < -0.4 is 10.6 Å². The van der Waals surface area contributed by atoms with Crippen LogP contribution in [0.25, 0.3) is 0 Å². The molecule has 0 atom stereocenters. The van der Waals surface area contributed by atoms with Gasteiger partial charge in [-0.05, 0) is 56.0 Å². The molecule has 4 rings (SSSR count). The van der Waals surface area contributed by atoms with E-state index in [1.807, 2.05) is 0 Å². The number of rotatable bonds is 6. The average Bonchev–Trinajstić information content (AvgIpc) is 3.57. The Bertz CT molecular complexity index is 1380. The highest BCUT2D eigenvalue weighted by Crippen LogP contribution is 2.37. The molecule has 0 unspecified atom stereocenters. The number of ether oxygens (including phenoxy) is 1. The van der Waals surface area contributed by atoms with Gasteiger partial charge in [0, 0.05) is 44.2 Å². The summed E-state index contributed by atoms with van der Waals surface area (Å²) in [6.45, 7) is 3.40. The first kappa shape index (κ1) is 28.5. The minimum atomic E-state index is -3.62. The van der Waals surface area contributed by atoms with E-state index < -0.39 is 34.0 Å². The van der Waals surface area contributed by atoms with Gasteiger partial charge in [-0.3, -0.25) is 14.9 Å². The summed E-state index contributed by atoms with van der Waals surface area (Å²) < 4.78 is 32.1. The van der Waals surface area contributed by atoms with Crippen LogP contribution in [0.1, 0.15) is 50.9 Å². The maximum atomic E-state index is 13.2. The number of anilines is 1. The van der Waals surface area contributed by atoms with Gasteiger partial charge < -0.3 is 19.9 Å². The lowest BCUT2D eigenvalue weighted by Gasteiger charge is -2.26. The highest BCUT2D eigenvalue weighted by molar-refractivity contribution is 7.89. The van der Waals surface area contributed by atoms with Crippen molar-refractivity contribution >= 4 is 50.3 Å². The molecule has 1 fully saturated rings. The molecule has 2 aliphatic heterocycles. The first-order valence-corrected chi connectivity index (χ1v) is 14.8. The first-order chi connectivity index (χ1) is 18.5. The van der Waals surface area contributed by atoms with Gasteiger partial charge in [0.25, 0.3) is 11.8 Å². The standard InChI is InChI=1S/C25H31N5O7S2/c1-4-37-25(34)29-14-11-18-19(15-29)38-23(20(18)22(32)27-24(33)28(2)3)26-21(31)16-7-9-17(10-8-16)39(35,36)30-12-5-6-13-30/h7-10H,4-6,11-15H2,1-3H3,(H,26,31)(H,27,32,33). The predicted molar refractivity (Wildman–Crippen MR) is 144 cm³/mol. The molecule has 2 aromatic rings. The highest BCUT2D eigenvalue weighted by Gasteiger charge is 2.32. The number of thiophene rings is 1. The smallest absolute Gasteiger partial charge is 0.410 e. The lowest BCUT2D eigenvalue weighted by atomic mass is 10.0. The maximum Gasteiger partial charge on any atom is 0.410 e. The molecule has 2 aliphatic rings. The van der Waals surface area contributed by atoms with Gasteiger partial charge in [-0.25, -0.2) is 18.0 Å². The monoisotopic (exact) mass is 577 g/mol. The van der Waals surface area contributed by atoms with Crippen LogP contribution in [0, 0.1) is 0 Å². The zero-order valence-corrected chi connectivity index (χ0v) is 23.6. The summed E-state index contributed by atoms with van der Waals surface area (Å²) in [5.41, 5.74) is 1.01. The van der Waals surface area contributed by atoms with E-state index in [4.69, 9.17) is 4.74 Å². The number of nitrogens with one attached hydrogen (secondary N) is 2. The number of hydrogen-bond donors (Lipinski definition) is 2. The third kappa shape index (κ3) is 6.07. The van der Waals surface area contributed by atoms with E-state index >= 15 is 0 Å². The van der Waals surface area contributed by atoms with Crippen LogP contribution in [-0.4, -0.2) is 86.8 Å². The molecule has 3 heterocycles. The summed E-state index contributed by atoms with van der Waals surface area (Å²) in [5.74, 6) is -1.22. The number of amides is 5. The molecule has 12 nitrogen and oxygen atoms in total. The van der Waals surface area contributed by atoms with E-state index in [1.54, 1.807) is 6.92 Å². The van der Waals surface area contributed by atoms with E-state index in [0.717, 1.165) is 24.2 Å². The molecular weight excluding hydrogens is 546 g/mol. The summed E-state index contributed by atoms with van der Waals surface area (Å²) in [6.07, 6.45) is 1.50. The number of nitrogens with zero attached hydrogens (tertiary/aromatic N) is 3. The normalized spacial score (nSPS) is 15.4. The molecule has 1 saturated heterocycles. The van der Waals surface area contributed by atoms with Gasteiger partial charge in [-0.1, -0.05) is 0 Å². The third-order valence-electron chi connectivity index (χ3n) is 6.48. The Morgan fingerprint density at radius 1 is 1.03 bits per heavy atom. The van der Waals surface area contributed by atoms with E-state index in [9.17, 15) is 27.6 Å². The molecule has 1 aromatic carbocycles. The molecule has 0 bridgehead atoms. The molecule has 2 N–H and O–H groups in total. The summed E-state index contributed by atoms with van der Waals surface area (Å²) in [6, 6.07) is 5.01. The van der Waals surface area contributed by atoms with Crippen LogP contribution in [0.15, 0.2) is 29.2 Å². The van der Waals surface area contributed by atoms with E-state index in [2.05, 4.69) is 10.6 Å². The van der Waals surface area contributed by atoms with Gasteiger partial charge in [-0.15, -0.1) is 11.3 Å². The predicted octanol–water partition coefficient (Wildman–Crippen LogP) is 2.71. The second-order valence-electron chi connectivity index (χ2n) is 9.32. The fourth-order valence-electron chi connectivity index (χ4n) is 4.40. The van der Waals surface area contributed by atoms with Crippen molar-refractivity contribution in [2.75, 3.05) is 45.7 Å². The van der Waals surface area contributed by atoms with Crippen LogP contribution in [0.5, 0.6) is 0 Å². The molecule has 14 heteroatoms. The van der Waals surface area contributed by atoms with Crippen molar-refractivity contribution in [2.24, 2.45) is 0 Å². The van der Waals surface area contributed by atoms with Crippen molar-refractivity contribution in [3.05, 3.63) is 45.8 Å². The molecule has 0 spiro atoms. The number of sulfonamides is 1. The van der Waals surface area contributed by atoms with Crippen molar-refractivity contribution in [1.82, 2.24) is 19.4 Å². The first-order valence-electron chi connectivity index (χ1n) is 12.5. The van der Waals surface area contributed by atoms with Crippen molar-refractivity contribution < 1.29 is 32.3 Å². The number of carbonyl (C=O) groups excluding carboxylic acids is 4. The molecule has 1 aromatic heterocycles. The Morgan fingerprint density at radius 3 is 2.31 bits per heavy atom. The lowest BCUT2D eigenvalue weighted by Crippen LogP contribution is -2.40. The van der Waals surface area contributed by atoms with Crippen LogP contribution in [0.3, 0.4) is 0 Å². The molecule has 5 amide bonds. The summed E-state index contributed by atoms with van der Waals surface area (Å²) >= 11 is 1.14. The zero-order valence-electron chi connectivity index (χ0n) is 22.0. The maximum absolute atomic E-state index is 13.2. The van der Waals surface area contributed by atoms with Gasteiger partial charge in [0.1, 0.15) is 5.00 Å². The largest absolute Gasteiger partial charge is 0.450 e. The van der Waals surface area contributed by atoms with E-state index in [0.29, 0.717) is 36.5 Å². The minimum Gasteiger partial charge on any atom is -0.450 e. The van der Waals surface area contributed by atoms with Gasteiger partial charge in [0.05, 0.1) is 23.6 Å². The Kier molecular flexibility index (Phi) is 8.57. The van der Waals surface area contributed by atoms with Gasteiger partial charge in [0.2, 0.25) is 10.0 Å². The molecule has 0 aliphatic carbocycles.